The van der Waals surface area contributed by atoms with Crippen molar-refractivity contribution in [2.75, 3.05) is 7.11 Å². The summed E-state index contributed by atoms with van der Waals surface area (Å²) >= 11 is 1.59. The number of nitrogens with one attached hydrogen (secondary N) is 1. The van der Waals surface area contributed by atoms with Crippen LogP contribution in [0.15, 0.2) is 59.1 Å². The number of nitrogens with zero attached hydrogens (tertiary/aromatic N) is 2. The van der Waals surface area contributed by atoms with Gasteiger partial charge in [0.15, 0.2) is 17.5 Å². The molecule has 0 bridgehead atoms. The number of aromatic nitrogens is 2. The van der Waals surface area contributed by atoms with Gasteiger partial charge in [-0.05, 0) is 30.7 Å². The molecule has 1 N–H and O–H groups in total. The quantitative estimate of drug-likeness (QED) is 0.438. The molecule has 4 aromatic rings. The number of amides is 1. The Morgan fingerprint density at radius 2 is 1.97 bits per heavy atom. The minimum atomic E-state index is -0.954. The molecule has 2 heterocycles. The van der Waals surface area contributed by atoms with E-state index in [4.69, 9.17) is 14.0 Å². The molecule has 2 aromatic heterocycles. The summed E-state index contributed by atoms with van der Waals surface area (Å²) in [6.07, 6.45) is 0. The van der Waals surface area contributed by atoms with Gasteiger partial charge < -0.3 is 19.3 Å². The van der Waals surface area contributed by atoms with Crippen molar-refractivity contribution in [3.63, 3.8) is 0 Å². The number of carbonyl (C=O) groups is 2. The first-order chi connectivity index (χ1) is 15.0. The molecule has 0 aliphatic carbocycles. The second kappa shape index (κ2) is 8.97. The Hall–Kier alpha value is -3.72. The first kappa shape index (κ1) is 20.5. The van der Waals surface area contributed by atoms with Crippen LogP contribution in [0.2, 0.25) is 0 Å². The van der Waals surface area contributed by atoms with Gasteiger partial charge in [-0.3, -0.25) is 4.79 Å². The third kappa shape index (κ3) is 4.72. The fraction of sp³-hybridized carbons (Fsp3) is 0.182. The molecule has 0 radical (unpaired) electrons. The van der Waals surface area contributed by atoms with E-state index in [1.807, 2.05) is 31.2 Å². The third-order valence-corrected chi connectivity index (χ3v) is 5.42. The summed E-state index contributed by atoms with van der Waals surface area (Å²) in [4.78, 5) is 29.1. The number of aryl methyl sites for hydroxylation is 1. The van der Waals surface area contributed by atoms with Crippen LogP contribution in [0, 0.1) is 6.92 Å². The molecular formula is C22H19N3O5S. The van der Waals surface area contributed by atoms with Crippen LogP contribution in [0.4, 0.5) is 0 Å². The predicted octanol–water partition coefficient (Wildman–Crippen LogP) is 3.82. The highest BCUT2D eigenvalue weighted by Crippen LogP contribution is 2.26. The first-order valence-electron chi connectivity index (χ1n) is 9.42. The molecule has 31 heavy (non-hydrogen) atoms. The van der Waals surface area contributed by atoms with E-state index in [-0.39, 0.29) is 12.3 Å². The van der Waals surface area contributed by atoms with E-state index in [0.29, 0.717) is 17.1 Å². The second-order valence-electron chi connectivity index (χ2n) is 6.67. The number of rotatable bonds is 7. The molecule has 1 unspecified atom stereocenters. The Morgan fingerprint density at radius 3 is 2.74 bits per heavy atom. The smallest absolute Gasteiger partial charge is 0.333 e. The molecular weight excluding hydrogens is 418 g/mol. The number of thiazole rings is 1. The average molecular weight is 437 g/mol. The largest absolute Gasteiger partial charge is 0.485 e. The number of hydrogen-bond donors (Lipinski definition) is 1. The Balaban J connectivity index is 1.42. The minimum absolute atomic E-state index is 0.0389. The van der Waals surface area contributed by atoms with Gasteiger partial charge in [-0.1, -0.05) is 35.5 Å². The van der Waals surface area contributed by atoms with Gasteiger partial charge in [-0.2, -0.15) is 0 Å². The number of esters is 1. The zero-order valence-corrected chi connectivity index (χ0v) is 17.6. The monoisotopic (exact) mass is 437 g/mol. The summed E-state index contributed by atoms with van der Waals surface area (Å²) in [5, 5.41) is 7.40. The number of hydrogen-bond acceptors (Lipinski definition) is 8. The topological polar surface area (TPSA) is 104 Å². The molecule has 0 saturated carbocycles. The van der Waals surface area contributed by atoms with Gasteiger partial charge in [-0.25, -0.2) is 9.78 Å². The minimum Gasteiger partial charge on any atom is -0.485 e. The summed E-state index contributed by atoms with van der Waals surface area (Å²) in [6.45, 7) is 2.05. The maximum Gasteiger partial charge on any atom is 0.333 e. The van der Waals surface area contributed by atoms with Crippen molar-refractivity contribution in [1.29, 1.82) is 0 Å². The summed E-state index contributed by atoms with van der Waals surface area (Å²) in [7, 11) is 1.26. The van der Waals surface area contributed by atoms with Crippen molar-refractivity contribution in [3.05, 3.63) is 76.6 Å². The van der Waals surface area contributed by atoms with Gasteiger partial charge >= 0.3 is 5.97 Å². The number of ether oxygens (including phenoxy) is 2. The molecule has 2 aromatic carbocycles. The van der Waals surface area contributed by atoms with E-state index in [0.717, 1.165) is 15.2 Å². The lowest BCUT2D eigenvalue weighted by atomic mass is 10.1. The predicted molar refractivity (Wildman–Crippen MR) is 114 cm³/mol. The number of benzene rings is 2. The van der Waals surface area contributed by atoms with Crippen LogP contribution in [0.5, 0.6) is 5.75 Å². The van der Waals surface area contributed by atoms with Crippen molar-refractivity contribution < 1.29 is 23.6 Å². The van der Waals surface area contributed by atoms with Gasteiger partial charge in [0, 0.05) is 6.07 Å². The van der Waals surface area contributed by atoms with Gasteiger partial charge in [0.1, 0.15) is 12.4 Å². The molecule has 0 fully saturated rings. The highest BCUT2D eigenvalue weighted by atomic mass is 32.1. The van der Waals surface area contributed by atoms with E-state index < -0.39 is 17.9 Å². The van der Waals surface area contributed by atoms with E-state index >= 15 is 0 Å². The van der Waals surface area contributed by atoms with Crippen molar-refractivity contribution in [2.45, 2.75) is 19.6 Å². The van der Waals surface area contributed by atoms with E-state index in [1.165, 1.54) is 13.2 Å². The summed E-state index contributed by atoms with van der Waals surface area (Å²) in [6, 6.07) is 15.0. The summed E-state index contributed by atoms with van der Waals surface area (Å²) in [5.74, 6) is -0.107. The van der Waals surface area contributed by atoms with Crippen LogP contribution in [0.1, 0.15) is 32.9 Å². The van der Waals surface area contributed by atoms with Crippen LogP contribution >= 0.6 is 11.3 Å². The normalized spacial score (nSPS) is 11.8. The maximum atomic E-state index is 12.6. The first-order valence-corrected chi connectivity index (χ1v) is 10.2. The van der Waals surface area contributed by atoms with E-state index in [9.17, 15) is 9.59 Å². The molecule has 1 atom stereocenters. The Kier molecular flexibility index (Phi) is 5.94. The zero-order valence-electron chi connectivity index (χ0n) is 16.8. The van der Waals surface area contributed by atoms with E-state index in [1.54, 1.807) is 35.6 Å². The van der Waals surface area contributed by atoms with E-state index in [2.05, 4.69) is 15.5 Å². The molecule has 0 saturated heterocycles. The molecule has 4 rings (SSSR count). The Bertz CT molecular complexity index is 1220. The maximum absolute atomic E-state index is 12.6. The number of methoxy groups -OCH3 is 1. The summed E-state index contributed by atoms with van der Waals surface area (Å²) in [5.41, 5.74) is 1.56. The standard InChI is InChI=1S/C22H19N3O5S/c1-13-23-17-9-8-15(11-19(17)31-13)29-12-16-10-18(25-30-16)21(26)24-20(22(27)28-2)14-6-4-3-5-7-14/h3-11,20H,12H2,1-2H3,(H,24,26). The lowest BCUT2D eigenvalue weighted by Gasteiger charge is -2.15. The van der Waals surface area contributed by atoms with Gasteiger partial charge in [0.05, 0.1) is 22.3 Å². The van der Waals surface area contributed by atoms with Gasteiger partial charge in [-0.15, -0.1) is 11.3 Å². The molecule has 0 aliphatic rings. The molecule has 0 aliphatic heterocycles. The molecule has 158 valence electrons. The van der Waals surface area contributed by atoms with Crippen LogP contribution in [0.3, 0.4) is 0 Å². The van der Waals surface area contributed by atoms with Crippen molar-refractivity contribution in [1.82, 2.24) is 15.5 Å². The van der Waals surface area contributed by atoms with Crippen LogP contribution in [0.25, 0.3) is 10.2 Å². The van der Waals surface area contributed by atoms with Crippen molar-refractivity contribution in [3.8, 4) is 5.75 Å². The molecule has 0 spiro atoms. The Labute approximate surface area is 181 Å². The highest BCUT2D eigenvalue weighted by Gasteiger charge is 2.25. The fourth-order valence-corrected chi connectivity index (χ4v) is 3.85. The lowest BCUT2D eigenvalue weighted by molar-refractivity contribution is -0.143. The van der Waals surface area contributed by atoms with Crippen molar-refractivity contribution in [2.24, 2.45) is 0 Å². The van der Waals surface area contributed by atoms with Crippen LogP contribution in [-0.4, -0.2) is 29.1 Å². The van der Waals surface area contributed by atoms with Crippen LogP contribution < -0.4 is 10.1 Å². The van der Waals surface area contributed by atoms with Gasteiger partial charge in [0.25, 0.3) is 5.91 Å². The number of carbonyl (C=O) groups excluding carboxylic acids is 2. The van der Waals surface area contributed by atoms with Crippen molar-refractivity contribution >= 4 is 33.4 Å². The number of fused-ring (bicyclic) bond motifs is 1. The SMILES string of the molecule is COC(=O)C(NC(=O)c1cc(COc2ccc3nc(C)sc3c2)on1)c1ccccc1. The fourth-order valence-electron chi connectivity index (χ4n) is 3.00. The lowest BCUT2D eigenvalue weighted by Crippen LogP contribution is -2.34. The average Bonchev–Trinajstić information content (AvgIpc) is 3.41. The van der Waals surface area contributed by atoms with Gasteiger partial charge in [0.2, 0.25) is 0 Å². The Morgan fingerprint density at radius 1 is 1.16 bits per heavy atom. The molecule has 9 heteroatoms. The molecule has 1 amide bonds. The van der Waals surface area contributed by atoms with Crippen LogP contribution in [-0.2, 0) is 16.1 Å². The third-order valence-electron chi connectivity index (χ3n) is 4.48. The second-order valence-corrected chi connectivity index (χ2v) is 7.90. The summed E-state index contributed by atoms with van der Waals surface area (Å²) < 4.78 is 16.8. The zero-order chi connectivity index (χ0) is 21.8. The molecule has 8 nitrogen and oxygen atoms in total. The highest BCUT2D eigenvalue weighted by molar-refractivity contribution is 7.18.